The lowest BCUT2D eigenvalue weighted by molar-refractivity contribution is 0.0940. The minimum Gasteiger partial charge on any atom is -0.350 e. The average Bonchev–Trinajstić information content (AvgIpc) is 2.81. The Hall–Kier alpha value is -1.07. The molecule has 1 aliphatic heterocycles. The minimum absolute atomic E-state index is 0.0125. The van der Waals surface area contributed by atoms with E-state index < -0.39 is 0 Å². The second-order valence-electron chi connectivity index (χ2n) is 5.51. The Balaban J connectivity index is 1.98. The maximum absolute atomic E-state index is 12.3. The number of likely N-dealkylation sites (tertiary alicyclic amines) is 1. The zero-order valence-corrected chi connectivity index (χ0v) is 13.2. The summed E-state index contributed by atoms with van der Waals surface area (Å²) in [4.78, 5) is 19.0. The van der Waals surface area contributed by atoms with Crippen molar-refractivity contribution in [3.63, 3.8) is 0 Å². The van der Waals surface area contributed by atoms with Gasteiger partial charge >= 0.3 is 0 Å². The van der Waals surface area contributed by atoms with Crippen LogP contribution in [0.4, 0.5) is 0 Å². The topological polar surface area (TPSA) is 45.2 Å². The highest BCUT2D eigenvalue weighted by Crippen LogP contribution is 2.24. The van der Waals surface area contributed by atoms with Crippen LogP contribution in [0.25, 0.3) is 0 Å². The zero-order chi connectivity index (χ0) is 14.5. The molecule has 1 N–H and O–H groups in total. The number of rotatable bonds is 5. The van der Waals surface area contributed by atoms with Gasteiger partial charge in [-0.25, -0.2) is 4.98 Å². The number of hydrogen-bond donors (Lipinski definition) is 1. The number of thioether (sulfide) groups is 1. The molecule has 20 heavy (non-hydrogen) atoms. The summed E-state index contributed by atoms with van der Waals surface area (Å²) in [5, 5.41) is 4.28. The third-order valence-corrected chi connectivity index (χ3v) is 4.55. The Morgan fingerprint density at radius 3 is 3.05 bits per heavy atom. The highest BCUT2D eigenvalue weighted by molar-refractivity contribution is 7.99. The molecular weight excluding hydrogens is 270 g/mol. The van der Waals surface area contributed by atoms with Crippen LogP contribution in [0.15, 0.2) is 23.4 Å². The van der Waals surface area contributed by atoms with Gasteiger partial charge in [0, 0.05) is 24.0 Å². The molecule has 2 rings (SSSR count). The number of likely N-dealkylation sites (N-methyl/N-ethyl adjacent to an activating group) is 1. The van der Waals surface area contributed by atoms with Crippen LogP contribution in [0.3, 0.4) is 0 Å². The first kappa shape index (κ1) is 15.3. The molecule has 4 nitrogen and oxygen atoms in total. The lowest BCUT2D eigenvalue weighted by Gasteiger charge is -2.20. The number of aromatic nitrogens is 1. The molecule has 0 aliphatic carbocycles. The van der Waals surface area contributed by atoms with Crippen LogP contribution in [0.1, 0.15) is 37.0 Å². The second kappa shape index (κ2) is 7.09. The lowest BCUT2D eigenvalue weighted by Crippen LogP contribution is -2.38. The van der Waals surface area contributed by atoms with Crippen molar-refractivity contribution in [2.45, 2.75) is 43.0 Å². The fraction of sp³-hybridized carbons (Fsp3) is 0.600. The van der Waals surface area contributed by atoms with Crippen molar-refractivity contribution >= 4 is 17.7 Å². The second-order valence-corrected chi connectivity index (χ2v) is 7.07. The molecule has 0 aromatic carbocycles. The molecule has 0 spiro atoms. The number of amides is 1. The van der Waals surface area contributed by atoms with Crippen LogP contribution in [0, 0.1) is 0 Å². The SMILES string of the molecule is CC(C)Sc1ncccc1C(=O)NC[C@@H]1CCCN1C. The number of carbonyl (C=O) groups excluding carboxylic acids is 1. The van der Waals surface area contributed by atoms with Crippen molar-refractivity contribution in [3.8, 4) is 0 Å². The monoisotopic (exact) mass is 293 g/mol. The van der Waals surface area contributed by atoms with Crippen molar-refractivity contribution in [3.05, 3.63) is 23.9 Å². The van der Waals surface area contributed by atoms with E-state index in [1.807, 2.05) is 12.1 Å². The van der Waals surface area contributed by atoms with E-state index in [0.29, 0.717) is 16.9 Å². The molecule has 1 saturated heterocycles. The molecule has 1 aromatic heterocycles. The van der Waals surface area contributed by atoms with Crippen molar-refractivity contribution in [2.75, 3.05) is 20.1 Å². The number of hydrogen-bond acceptors (Lipinski definition) is 4. The van der Waals surface area contributed by atoms with Crippen LogP contribution in [0.5, 0.6) is 0 Å². The summed E-state index contributed by atoms with van der Waals surface area (Å²) < 4.78 is 0. The zero-order valence-electron chi connectivity index (χ0n) is 12.4. The van der Waals surface area contributed by atoms with Crippen molar-refractivity contribution in [1.29, 1.82) is 0 Å². The van der Waals surface area contributed by atoms with Gasteiger partial charge in [0.1, 0.15) is 5.03 Å². The molecule has 1 atom stereocenters. The third-order valence-electron chi connectivity index (χ3n) is 3.53. The minimum atomic E-state index is -0.0125. The molecule has 0 saturated carbocycles. The summed E-state index contributed by atoms with van der Waals surface area (Å²) in [7, 11) is 2.12. The summed E-state index contributed by atoms with van der Waals surface area (Å²) in [6, 6.07) is 4.14. The summed E-state index contributed by atoms with van der Waals surface area (Å²) in [5.41, 5.74) is 0.687. The molecule has 1 aromatic rings. The molecule has 2 heterocycles. The maximum atomic E-state index is 12.3. The number of carbonyl (C=O) groups is 1. The van der Waals surface area contributed by atoms with Gasteiger partial charge in [0.25, 0.3) is 5.91 Å². The summed E-state index contributed by atoms with van der Waals surface area (Å²) >= 11 is 1.63. The highest BCUT2D eigenvalue weighted by atomic mass is 32.2. The molecule has 0 unspecified atom stereocenters. The molecule has 1 aliphatic rings. The van der Waals surface area contributed by atoms with Crippen molar-refractivity contribution in [2.24, 2.45) is 0 Å². The van der Waals surface area contributed by atoms with E-state index in [2.05, 4.69) is 36.1 Å². The van der Waals surface area contributed by atoms with Crippen molar-refractivity contribution < 1.29 is 4.79 Å². The van der Waals surface area contributed by atoms with E-state index in [1.165, 1.54) is 6.42 Å². The Labute approximate surface area is 125 Å². The first-order chi connectivity index (χ1) is 9.58. The molecule has 1 amide bonds. The van der Waals surface area contributed by atoms with Crippen LogP contribution >= 0.6 is 11.8 Å². The largest absolute Gasteiger partial charge is 0.350 e. The van der Waals surface area contributed by atoms with Gasteiger partial charge in [-0.1, -0.05) is 13.8 Å². The van der Waals surface area contributed by atoms with E-state index in [1.54, 1.807) is 18.0 Å². The lowest BCUT2D eigenvalue weighted by atomic mass is 10.2. The van der Waals surface area contributed by atoms with Gasteiger partial charge in [-0.05, 0) is 38.6 Å². The predicted molar refractivity (Wildman–Crippen MR) is 83.2 cm³/mol. The van der Waals surface area contributed by atoms with E-state index >= 15 is 0 Å². The van der Waals surface area contributed by atoms with E-state index in [9.17, 15) is 4.79 Å². The molecule has 1 fully saturated rings. The van der Waals surface area contributed by atoms with E-state index in [4.69, 9.17) is 0 Å². The predicted octanol–water partition coefficient (Wildman–Crippen LogP) is 2.41. The van der Waals surface area contributed by atoms with Crippen LogP contribution in [-0.4, -0.2) is 47.2 Å². The smallest absolute Gasteiger partial charge is 0.254 e. The number of nitrogens with one attached hydrogen (secondary N) is 1. The first-order valence-electron chi connectivity index (χ1n) is 7.18. The highest BCUT2D eigenvalue weighted by Gasteiger charge is 2.22. The summed E-state index contributed by atoms with van der Waals surface area (Å²) in [5.74, 6) is -0.0125. The normalized spacial score (nSPS) is 19.5. The van der Waals surface area contributed by atoms with Gasteiger partial charge in [-0.15, -0.1) is 11.8 Å². The Morgan fingerprint density at radius 2 is 2.40 bits per heavy atom. The number of nitrogens with zero attached hydrogens (tertiary/aromatic N) is 2. The molecule has 110 valence electrons. The average molecular weight is 293 g/mol. The molecule has 0 radical (unpaired) electrons. The van der Waals surface area contributed by atoms with Crippen LogP contribution < -0.4 is 5.32 Å². The van der Waals surface area contributed by atoms with Gasteiger partial charge in [-0.2, -0.15) is 0 Å². The van der Waals surface area contributed by atoms with Crippen molar-refractivity contribution in [1.82, 2.24) is 15.2 Å². The molecular formula is C15H23N3OS. The number of pyridine rings is 1. The first-order valence-corrected chi connectivity index (χ1v) is 8.06. The van der Waals surface area contributed by atoms with Gasteiger partial charge < -0.3 is 10.2 Å². The standard InChI is InChI=1S/C15H23N3OS/c1-11(2)20-15-13(7-4-8-16-15)14(19)17-10-12-6-5-9-18(12)3/h4,7-8,11-12H,5-6,9-10H2,1-3H3,(H,17,19)/t12-/m0/s1. The fourth-order valence-corrected chi connectivity index (χ4v) is 3.28. The Morgan fingerprint density at radius 1 is 1.60 bits per heavy atom. The molecule has 5 heteroatoms. The summed E-state index contributed by atoms with van der Waals surface area (Å²) in [6.07, 6.45) is 4.13. The maximum Gasteiger partial charge on any atom is 0.254 e. The van der Waals surface area contributed by atoms with Crippen LogP contribution in [0.2, 0.25) is 0 Å². The van der Waals surface area contributed by atoms with E-state index in [-0.39, 0.29) is 5.91 Å². The van der Waals surface area contributed by atoms with Gasteiger partial charge in [-0.3, -0.25) is 4.79 Å². The Kier molecular flexibility index (Phi) is 5.43. The molecule has 0 bridgehead atoms. The quantitative estimate of drug-likeness (QED) is 0.847. The van der Waals surface area contributed by atoms with Crippen LogP contribution in [-0.2, 0) is 0 Å². The summed E-state index contributed by atoms with van der Waals surface area (Å²) in [6.45, 7) is 6.06. The van der Waals surface area contributed by atoms with Gasteiger partial charge in [0.05, 0.1) is 5.56 Å². The Bertz CT molecular complexity index is 464. The fourth-order valence-electron chi connectivity index (χ4n) is 2.42. The van der Waals surface area contributed by atoms with E-state index in [0.717, 1.165) is 24.5 Å². The van der Waals surface area contributed by atoms with Gasteiger partial charge in [0.15, 0.2) is 0 Å². The van der Waals surface area contributed by atoms with Gasteiger partial charge in [0.2, 0.25) is 0 Å². The third kappa shape index (κ3) is 3.96.